The van der Waals surface area contributed by atoms with Crippen molar-refractivity contribution in [1.82, 2.24) is 10.6 Å². The highest BCUT2D eigenvalue weighted by molar-refractivity contribution is 5.82. The van der Waals surface area contributed by atoms with Crippen LogP contribution in [0.5, 0.6) is 0 Å². The maximum absolute atomic E-state index is 11.6. The van der Waals surface area contributed by atoms with Crippen LogP contribution in [-0.4, -0.2) is 24.5 Å². The third-order valence-electron chi connectivity index (χ3n) is 3.54. The first-order chi connectivity index (χ1) is 6.66. The van der Waals surface area contributed by atoms with Crippen molar-refractivity contribution >= 4 is 5.91 Å². The fourth-order valence-electron chi connectivity index (χ4n) is 2.49. The molecule has 2 atom stereocenters. The van der Waals surface area contributed by atoms with Gasteiger partial charge in [-0.3, -0.25) is 4.79 Å². The molecule has 3 heteroatoms. The Balaban J connectivity index is 1.85. The van der Waals surface area contributed by atoms with Crippen LogP contribution < -0.4 is 10.6 Å². The van der Waals surface area contributed by atoms with Crippen molar-refractivity contribution in [3.8, 4) is 0 Å². The molecule has 2 unspecified atom stereocenters. The summed E-state index contributed by atoms with van der Waals surface area (Å²) < 4.78 is 0. The molecule has 0 spiro atoms. The summed E-state index contributed by atoms with van der Waals surface area (Å²) in [4.78, 5) is 11.6. The lowest BCUT2D eigenvalue weighted by Crippen LogP contribution is -2.57. The van der Waals surface area contributed by atoms with Crippen molar-refractivity contribution < 1.29 is 4.79 Å². The molecule has 0 radical (unpaired) electrons. The Bertz CT molecular complexity index is 223. The molecule has 2 rings (SSSR count). The fourth-order valence-corrected chi connectivity index (χ4v) is 2.49. The molecule has 1 saturated heterocycles. The number of rotatable bonds is 2. The largest absolute Gasteiger partial charge is 0.355 e. The van der Waals surface area contributed by atoms with E-state index >= 15 is 0 Å². The second kappa shape index (κ2) is 3.89. The number of amides is 1. The smallest absolute Gasteiger partial charge is 0.237 e. The van der Waals surface area contributed by atoms with Gasteiger partial charge in [0.25, 0.3) is 0 Å². The summed E-state index contributed by atoms with van der Waals surface area (Å²) in [5.41, 5.74) is 0. The van der Waals surface area contributed by atoms with Gasteiger partial charge in [-0.05, 0) is 31.1 Å². The van der Waals surface area contributed by atoms with Gasteiger partial charge < -0.3 is 10.6 Å². The van der Waals surface area contributed by atoms with E-state index < -0.39 is 0 Å². The molecule has 0 bridgehead atoms. The van der Waals surface area contributed by atoms with E-state index in [-0.39, 0.29) is 11.9 Å². The van der Waals surface area contributed by atoms with E-state index in [1.54, 1.807) is 0 Å². The summed E-state index contributed by atoms with van der Waals surface area (Å²) in [5, 5.41) is 6.40. The zero-order valence-electron chi connectivity index (χ0n) is 9.05. The van der Waals surface area contributed by atoms with Gasteiger partial charge in [0.05, 0.1) is 6.04 Å². The van der Waals surface area contributed by atoms with E-state index in [4.69, 9.17) is 0 Å². The van der Waals surface area contributed by atoms with Gasteiger partial charge >= 0.3 is 0 Å². The van der Waals surface area contributed by atoms with Crippen molar-refractivity contribution in [2.45, 2.75) is 45.2 Å². The highest BCUT2D eigenvalue weighted by Crippen LogP contribution is 2.28. The molecule has 14 heavy (non-hydrogen) atoms. The Hall–Kier alpha value is -0.570. The molecule has 0 aromatic rings. The first-order valence-corrected chi connectivity index (χ1v) is 5.70. The summed E-state index contributed by atoms with van der Waals surface area (Å²) >= 11 is 0. The van der Waals surface area contributed by atoms with E-state index in [1.165, 1.54) is 12.8 Å². The molecule has 1 amide bonds. The Morgan fingerprint density at radius 3 is 2.64 bits per heavy atom. The van der Waals surface area contributed by atoms with Gasteiger partial charge in [-0.1, -0.05) is 13.8 Å². The van der Waals surface area contributed by atoms with E-state index in [9.17, 15) is 4.79 Å². The van der Waals surface area contributed by atoms with Crippen LogP contribution in [0.3, 0.4) is 0 Å². The maximum atomic E-state index is 11.6. The zero-order chi connectivity index (χ0) is 10.1. The molecule has 1 aliphatic heterocycles. The minimum absolute atomic E-state index is 0.0567. The molecule has 0 aromatic heterocycles. The number of hydrogen-bond donors (Lipinski definition) is 2. The summed E-state index contributed by atoms with van der Waals surface area (Å²) in [5.74, 6) is 1.53. The van der Waals surface area contributed by atoms with Crippen LogP contribution >= 0.6 is 0 Å². The van der Waals surface area contributed by atoms with Gasteiger partial charge in [-0.15, -0.1) is 0 Å². The van der Waals surface area contributed by atoms with Crippen molar-refractivity contribution in [3.05, 3.63) is 0 Å². The first-order valence-electron chi connectivity index (χ1n) is 5.70. The number of hydrogen-bond acceptors (Lipinski definition) is 2. The van der Waals surface area contributed by atoms with E-state index in [0.717, 1.165) is 18.9 Å². The van der Waals surface area contributed by atoms with Gasteiger partial charge in [0.15, 0.2) is 0 Å². The normalized spacial score (nSPS) is 42.9. The van der Waals surface area contributed by atoms with Crippen LogP contribution in [0.4, 0.5) is 0 Å². The van der Waals surface area contributed by atoms with Crippen molar-refractivity contribution in [2.75, 3.05) is 6.54 Å². The first kappa shape index (κ1) is 9.97. The Kier molecular flexibility index (Phi) is 2.77. The molecular formula is C11H20N2O. The highest BCUT2D eigenvalue weighted by atomic mass is 16.2. The van der Waals surface area contributed by atoms with Gasteiger partial charge in [-0.25, -0.2) is 0 Å². The SMILES string of the molecule is CC1CC(NC2C(=O)NCCC2C)C1. The Morgan fingerprint density at radius 2 is 2.07 bits per heavy atom. The van der Waals surface area contributed by atoms with E-state index in [0.29, 0.717) is 12.0 Å². The van der Waals surface area contributed by atoms with Crippen LogP contribution in [0.2, 0.25) is 0 Å². The highest BCUT2D eigenvalue weighted by Gasteiger charge is 2.34. The summed E-state index contributed by atoms with van der Waals surface area (Å²) in [7, 11) is 0. The van der Waals surface area contributed by atoms with Gasteiger partial charge in [0.1, 0.15) is 0 Å². The number of carbonyl (C=O) groups excluding carboxylic acids is 1. The second-order valence-electron chi connectivity index (χ2n) is 4.97. The van der Waals surface area contributed by atoms with Crippen LogP contribution in [0.25, 0.3) is 0 Å². The molecule has 1 heterocycles. The average molecular weight is 196 g/mol. The molecule has 2 fully saturated rings. The van der Waals surface area contributed by atoms with Crippen LogP contribution in [0.15, 0.2) is 0 Å². The van der Waals surface area contributed by atoms with Gasteiger partial charge in [0, 0.05) is 12.6 Å². The molecule has 80 valence electrons. The minimum Gasteiger partial charge on any atom is -0.355 e. The topological polar surface area (TPSA) is 41.1 Å². The zero-order valence-corrected chi connectivity index (χ0v) is 9.05. The standard InChI is InChI=1S/C11H20N2O/c1-7-5-9(6-7)13-10-8(2)3-4-12-11(10)14/h7-10,13H,3-6H2,1-2H3,(H,12,14). The molecular weight excluding hydrogens is 176 g/mol. The van der Waals surface area contributed by atoms with E-state index in [1.807, 2.05) is 0 Å². The molecule has 3 nitrogen and oxygen atoms in total. The van der Waals surface area contributed by atoms with Crippen LogP contribution in [0, 0.1) is 11.8 Å². The number of piperidine rings is 1. The number of nitrogens with one attached hydrogen (secondary N) is 2. The van der Waals surface area contributed by atoms with Gasteiger partial charge in [-0.2, -0.15) is 0 Å². The lowest BCUT2D eigenvalue weighted by Gasteiger charge is -2.39. The molecule has 2 N–H and O–H groups in total. The van der Waals surface area contributed by atoms with E-state index in [2.05, 4.69) is 24.5 Å². The maximum Gasteiger partial charge on any atom is 0.237 e. The lowest BCUT2D eigenvalue weighted by atomic mass is 9.80. The van der Waals surface area contributed by atoms with Crippen LogP contribution in [0.1, 0.15) is 33.1 Å². The molecule has 2 aliphatic rings. The lowest BCUT2D eigenvalue weighted by molar-refractivity contribution is -0.126. The van der Waals surface area contributed by atoms with Crippen molar-refractivity contribution in [3.63, 3.8) is 0 Å². The monoisotopic (exact) mass is 196 g/mol. The third-order valence-corrected chi connectivity index (χ3v) is 3.54. The summed E-state index contributed by atoms with van der Waals surface area (Å²) in [6.45, 7) is 5.28. The van der Waals surface area contributed by atoms with Gasteiger partial charge in [0.2, 0.25) is 5.91 Å². The van der Waals surface area contributed by atoms with Crippen LogP contribution in [-0.2, 0) is 4.79 Å². The van der Waals surface area contributed by atoms with Crippen molar-refractivity contribution in [1.29, 1.82) is 0 Å². The molecule has 0 aromatic carbocycles. The predicted molar refractivity (Wildman–Crippen MR) is 55.9 cm³/mol. The third kappa shape index (κ3) is 1.92. The predicted octanol–water partition coefficient (Wildman–Crippen LogP) is 0.899. The fraction of sp³-hybridized carbons (Fsp3) is 0.909. The average Bonchev–Trinajstić information content (AvgIpc) is 2.08. The summed E-state index contributed by atoms with van der Waals surface area (Å²) in [6, 6.07) is 0.641. The van der Waals surface area contributed by atoms with Crippen molar-refractivity contribution in [2.24, 2.45) is 11.8 Å². The Labute approximate surface area is 85.6 Å². The molecule has 1 saturated carbocycles. The quantitative estimate of drug-likeness (QED) is 0.689. The second-order valence-corrected chi connectivity index (χ2v) is 4.97. The summed E-state index contributed by atoms with van der Waals surface area (Å²) in [6.07, 6.45) is 3.57. The minimum atomic E-state index is 0.0567. The molecule has 1 aliphatic carbocycles. The Morgan fingerprint density at radius 1 is 1.36 bits per heavy atom. The number of carbonyl (C=O) groups is 1.